The number of carbonyl (C=O) groups excluding carboxylic acids is 1. The van der Waals surface area contributed by atoms with Crippen LogP contribution in [0.15, 0.2) is 30.6 Å². The summed E-state index contributed by atoms with van der Waals surface area (Å²) in [4.78, 5) is 25.1. The molecule has 0 fully saturated rings. The van der Waals surface area contributed by atoms with Gasteiger partial charge in [-0.15, -0.1) is 0 Å². The van der Waals surface area contributed by atoms with Crippen molar-refractivity contribution in [2.24, 2.45) is 0 Å². The Bertz CT molecular complexity index is 774. The van der Waals surface area contributed by atoms with Gasteiger partial charge < -0.3 is 30.0 Å². The number of anilines is 1. The first-order valence-electron chi connectivity index (χ1n) is 8.41. The maximum absolute atomic E-state index is 11.0. The molecule has 2 aromatic rings. The van der Waals surface area contributed by atoms with Gasteiger partial charge in [0.05, 0.1) is 13.2 Å². The van der Waals surface area contributed by atoms with Crippen LogP contribution in [-0.4, -0.2) is 44.8 Å². The topological polar surface area (TPSA) is 129 Å². The molecular formula is C17H22N4O6. The predicted octanol–water partition coefficient (Wildman–Crippen LogP) is 1.98. The number of rotatable bonds is 10. The number of nitrogens with one attached hydrogen (secondary N) is 1. The van der Waals surface area contributed by atoms with Crippen LogP contribution in [0.25, 0.3) is 0 Å². The van der Waals surface area contributed by atoms with E-state index in [1.807, 2.05) is 6.92 Å². The predicted molar refractivity (Wildman–Crippen MR) is 96.9 cm³/mol. The van der Waals surface area contributed by atoms with E-state index in [-0.39, 0.29) is 30.8 Å². The van der Waals surface area contributed by atoms with Crippen molar-refractivity contribution in [1.29, 1.82) is 0 Å². The second kappa shape index (κ2) is 9.53. The summed E-state index contributed by atoms with van der Waals surface area (Å²) in [6.45, 7) is 3.61. The Labute approximate surface area is 155 Å². The minimum Gasteiger partial charge on any atom is -0.491 e. The van der Waals surface area contributed by atoms with Crippen LogP contribution in [0.2, 0.25) is 0 Å². The molecule has 10 heteroatoms. The van der Waals surface area contributed by atoms with E-state index in [0.29, 0.717) is 24.5 Å². The van der Waals surface area contributed by atoms with Crippen LogP contribution in [0.4, 0.5) is 11.5 Å². The molecule has 0 spiro atoms. The highest BCUT2D eigenvalue weighted by Gasteiger charge is 2.24. The quantitative estimate of drug-likeness (QED) is 0.478. The summed E-state index contributed by atoms with van der Waals surface area (Å²) in [5, 5.41) is 23.8. The van der Waals surface area contributed by atoms with Crippen molar-refractivity contribution in [3.8, 4) is 11.6 Å². The van der Waals surface area contributed by atoms with E-state index in [0.717, 1.165) is 0 Å². The van der Waals surface area contributed by atoms with Crippen LogP contribution < -0.4 is 14.8 Å². The molecular weight excluding hydrogens is 356 g/mol. The summed E-state index contributed by atoms with van der Waals surface area (Å²) < 4.78 is 12.3. The number of nitro groups is 1. The van der Waals surface area contributed by atoms with Crippen molar-refractivity contribution < 1.29 is 24.3 Å². The lowest BCUT2D eigenvalue weighted by Gasteiger charge is -2.14. The number of aliphatic hydroxyl groups excluding tert-OH is 1. The maximum Gasteiger partial charge on any atom is 0.426 e. The van der Waals surface area contributed by atoms with Crippen molar-refractivity contribution in [1.82, 2.24) is 9.55 Å². The number of hydrogen-bond acceptors (Lipinski definition) is 7. The van der Waals surface area contributed by atoms with Crippen LogP contribution >= 0.6 is 0 Å². The Morgan fingerprint density at radius 1 is 1.37 bits per heavy atom. The SMILES string of the molecule is CCCOc1c([N+](=O)[O-])ncn1CC(O)COc1ccc(NC(C)=O)cc1. The third kappa shape index (κ3) is 5.96. The molecule has 2 N–H and O–H groups in total. The summed E-state index contributed by atoms with van der Waals surface area (Å²) in [6, 6.07) is 6.68. The molecule has 146 valence electrons. The van der Waals surface area contributed by atoms with E-state index in [4.69, 9.17) is 9.47 Å². The van der Waals surface area contributed by atoms with Gasteiger partial charge in [0.15, 0.2) is 0 Å². The average molecular weight is 378 g/mol. The van der Waals surface area contributed by atoms with Crippen LogP contribution in [0.5, 0.6) is 11.6 Å². The van der Waals surface area contributed by atoms with Gasteiger partial charge in [0.1, 0.15) is 18.5 Å². The normalized spacial score (nSPS) is 11.7. The molecule has 27 heavy (non-hydrogen) atoms. The van der Waals surface area contributed by atoms with Gasteiger partial charge in [0, 0.05) is 12.6 Å². The molecule has 0 aliphatic rings. The van der Waals surface area contributed by atoms with Crippen molar-refractivity contribution in [2.45, 2.75) is 32.9 Å². The minimum atomic E-state index is -0.933. The largest absolute Gasteiger partial charge is 0.491 e. The second-order valence-electron chi connectivity index (χ2n) is 5.80. The number of amides is 1. The summed E-state index contributed by atoms with van der Waals surface area (Å²) in [6.07, 6.45) is 1.01. The molecule has 10 nitrogen and oxygen atoms in total. The van der Waals surface area contributed by atoms with Crippen LogP contribution in [0.1, 0.15) is 20.3 Å². The Balaban J connectivity index is 1.94. The van der Waals surface area contributed by atoms with Gasteiger partial charge in [0.2, 0.25) is 12.2 Å². The minimum absolute atomic E-state index is 0.0144. The standard InChI is InChI=1S/C17H22N4O6/c1-3-8-26-17-16(21(24)25)18-11-20(17)9-14(23)10-27-15-6-4-13(5-7-15)19-12(2)22/h4-7,11,14,23H,3,8-10H2,1-2H3,(H,19,22). The fraction of sp³-hybridized carbons (Fsp3) is 0.412. The van der Waals surface area contributed by atoms with Gasteiger partial charge in [-0.05, 0) is 40.6 Å². The molecule has 0 aliphatic carbocycles. The highest BCUT2D eigenvalue weighted by atomic mass is 16.6. The highest BCUT2D eigenvalue weighted by molar-refractivity contribution is 5.88. The summed E-state index contributed by atoms with van der Waals surface area (Å²) in [5.74, 6) is -0.0254. The van der Waals surface area contributed by atoms with E-state index >= 15 is 0 Å². The maximum atomic E-state index is 11.0. The van der Waals surface area contributed by atoms with Crippen molar-refractivity contribution >= 4 is 17.4 Å². The lowest BCUT2D eigenvalue weighted by molar-refractivity contribution is -0.390. The first kappa shape index (κ1) is 20.2. The molecule has 0 saturated carbocycles. The first-order valence-corrected chi connectivity index (χ1v) is 8.41. The number of aromatic nitrogens is 2. The zero-order valence-electron chi connectivity index (χ0n) is 15.1. The summed E-state index contributed by atoms with van der Waals surface area (Å²) in [7, 11) is 0. The third-order valence-electron chi connectivity index (χ3n) is 3.41. The average Bonchev–Trinajstić information content (AvgIpc) is 3.01. The first-order chi connectivity index (χ1) is 12.9. The Morgan fingerprint density at radius 2 is 2.07 bits per heavy atom. The number of nitrogens with zero attached hydrogens (tertiary/aromatic N) is 3. The number of hydrogen-bond donors (Lipinski definition) is 2. The molecule has 1 heterocycles. The molecule has 0 bridgehead atoms. The zero-order chi connectivity index (χ0) is 19.8. The number of aliphatic hydroxyl groups is 1. The van der Waals surface area contributed by atoms with Gasteiger partial charge in [-0.2, -0.15) is 0 Å². The molecule has 0 saturated heterocycles. The fourth-order valence-electron chi connectivity index (χ4n) is 2.27. The van der Waals surface area contributed by atoms with Crippen LogP contribution in [-0.2, 0) is 11.3 Å². The Hall–Kier alpha value is -3.14. The second-order valence-corrected chi connectivity index (χ2v) is 5.80. The molecule has 0 radical (unpaired) electrons. The molecule has 1 amide bonds. The summed E-state index contributed by atoms with van der Waals surface area (Å²) in [5.41, 5.74) is 0.638. The number of benzene rings is 1. The van der Waals surface area contributed by atoms with Crippen molar-refractivity contribution in [3.05, 3.63) is 40.7 Å². The van der Waals surface area contributed by atoms with Gasteiger partial charge >= 0.3 is 5.82 Å². The van der Waals surface area contributed by atoms with E-state index in [1.54, 1.807) is 24.3 Å². The van der Waals surface area contributed by atoms with Crippen LogP contribution in [0.3, 0.4) is 0 Å². The van der Waals surface area contributed by atoms with Crippen LogP contribution in [0, 0.1) is 10.1 Å². The molecule has 2 rings (SSSR count). The summed E-state index contributed by atoms with van der Waals surface area (Å²) >= 11 is 0. The molecule has 0 aliphatic heterocycles. The molecule has 1 aromatic carbocycles. The lowest BCUT2D eigenvalue weighted by Crippen LogP contribution is -2.23. The highest BCUT2D eigenvalue weighted by Crippen LogP contribution is 2.25. The van der Waals surface area contributed by atoms with E-state index in [2.05, 4.69) is 10.3 Å². The number of ether oxygens (including phenoxy) is 2. The van der Waals surface area contributed by atoms with Crippen molar-refractivity contribution in [3.63, 3.8) is 0 Å². The Kier molecular flexibility index (Phi) is 7.12. The lowest BCUT2D eigenvalue weighted by atomic mass is 10.3. The molecule has 1 aromatic heterocycles. The molecule has 1 atom stereocenters. The van der Waals surface area contributed by atoms with Gasteiger partial charge in [-0.3, -0.25) is 9.36 Å². The zero-order valence-corrected chi connectivity index (χ0v) is 15.1. The number of imidazole rings is 1. The van der Waals surface area contributed by atoms with E-state index < -0.39 is 11.0 Å². The Morgan fingerprint density at radius 3 is 2.67 bits per heavy atom. The van der Waals surface area contributed by atoms with Gasteiger partial charge in [-0.1, -0.05) is 6.92 Å². The van der Waals surface area contributed by atoms with Crippen molar-refractivity contribution in [2.75, 3.05) is 18.5 Å². The van der Waals surface area contributed by atoms with E-state index in [9.17, 15) is 20.0 Å². The van der Waals surface area contributed by atoms with E-state index in [1.165, 1.54) is 17.8 Å². The van der Waals surface area contributed by atoms with Gasteiger partial charge in [-0.25, -0.2) is 0 Å². The monoisotopic (exact) mass is 378 g/mol. The third-order valence-corrected chi connectivity index (χ3v) is 3.41. The smallest absolute Gasteiger partial charge is 0.426 e. The fourth-order valence-corrected chi connectivity index (χ4v) is 2.27. The number of carbonyl (C=O) groups is 1. The van der Waals surface area contributed by atoms with Gasteiger partial charge in [0.25, 0.3) is 5.88 Å². The molecule has 1 unspecified atom stereocenters.